The second-order valence-electron chi connectivity index (χ2n) is 10.6. The molecule has 2 heteroatoms. The van der Waals surface area contributed by atoms with Crippen LogP contribution in [-0.4, -0.2) is 0 Å². The lowest BCUT2D eigenvalue weighted by atomic mass is 9.68. The Labute approximate surface area is 197 Å². The Morgan fingerprint density at radius 3 is 1.94 bits per heavy atom. The van der Waals surface area contributed by atoms with Crippen LogP contribution >= 0.6 is 0 Å². The van der Waals surface area contributed by atoms with E-state index in [1.54, 1.807) is 6.07 Å². The van der Waals surface area contributed by atoms with Gasteiger partial charge in [0.05, 0.1) is 0 Å². The Bertz CT molecular complexity index is 1090. The molecule has 0 aromatic heterocycles. The van der Waals surface area contributed by atoms with Crippen LogP contribution in [0.4, 0.5) is 8.78 Å². The summed E-state index contributed by atoms with van der Waals surface area (Å²) in [6, 6.07) is 17.2. The molecule has 33 heavy (non-hydrogen) atoms. The third-order valence-electron chi connectivity index (χ3n) is 8.62. The molecule has 174 valence electrons. The summed E-state index contributed by atoms with van der Waals surface area (Å²) in [6.07, 6.45) is 14.1. The lowest BCUT2D eigenvalue weighted by Gasteiger charge is -2.38. The maximum Gasteiger partial charge on any atom is 0.159 e. The molecule has 2 saturated carbocycles. The first-order chi connectivity index (χ1) is 16.1. The average molecular weight is 447 g/mol. The summed E-state index contributed by atoms with van der Waals surface area (Å²) in [5, 5.41) is 2.38. The number of hydrogen-bond acceptors (Lipinski definition) is 0. The number of benzene rings is 3. The lowest BCUT2D eigenvalue weighted by molar-refractivity contribution is 0.156. The molecule has 2 fully saturated rings. The van der Waals surface area contributed by atoms with Crippen molar-refractivity contribution in [1.82, 2.24) is 0 Å². The highest BCUT2D eigenvalue weighted by molar-refractivity contribution is 5.88. The smallest absolute Gasteiger partial charge is 0.159 e. The molecule has 0 atom stereocenters. The van der Waals surface area contributed by atoms with Crippen molar-refractivity contribution in [3.05, 3.63) is 71.8 Å². The van der Waals surface area contributed by atoms with E-state index in [4.69, 9.17) is 0 Å². The topological polar surface area (TPSA) is 0 Å². The minimum absolute atomic E-state index is 0.674. The summed E-state index contributed by atoms with van der Waals surface area (Å²) >= 11 is 0. The van der Waals surface area contributed by atoms with E-state index in [0.717, 1.165) is 28.7 Å². The van der Waals surface area contributed by atoms with E-state index < -0.39 is 11.6 Å². The van der Waals surface area contributed by atoms with Crippen LogP contribution in [0.15, 0.2) is 54.6 Å². The van der Waals surface area contributed by atoms with Gasteiger partial charge in [0.15, 0.2) is 11.6 Å². The second-order valence-corrected chi connectivity index (χ2v) is 10.6. The highest BCUT2D eigenvalue weighted by atomic mass is 19.2. The second kappa shape index (κ2) is 9.95. The number of halogens is 2. The fourth-order valence-electron chi connectivity index (χ4n) is 6.65. The van der Waals surface area contributed by atoms with E-state index in [0.29, 0.717) is 11.5 Å². The molecule has 0 nitrogen and oxygen atoms in total. The van der Waals surface area contributed by atoms with Gasteiger partial charge in [-0.05, 0) is 108 Å². The maximum atomic E-state index is 13.7. The third kappa shape index (κ3) is 5.00. The Kier molecular flexibility index (Phi) is 6.81. The predicted octanol–water partition coefficient (Wildman–Crippen LogP) is 9.67. The molecule has 2 aliphatic rings. The average Bonchev–Trinajstić information content (AvgIpc) is 2.86. The molecule has 0 N–H and O–H groups in total. The zero-order valence-electron chi connectivity index (χ0n) is 19.8. The van der Waals surface area contributed by atoms with E-state index in [9.17, 15) is 8.78 Å². The summed E-state index contributed by atoms with van der Waals surface area (Å²) in [4.78, 5) is 0. The van der Waals surface area contributed by atoms with E-state index in [1.165, 1.54) is 87.3 Å². The molecule has 0 unspecified atom stereocenters. The molecule has 5 rings (SSSR count). The van der Waals surface area contributed by atoms with Crippen LogP contribution in [0.2, 0.25) is 0 Å². The van der Waals surface area contributed by atoms with Gasteiger partial charge in [-0.3, -0.25) is 0 Å². The largest absolute Gasteiger partial charge is 0.204 e. The van der Waals surface area contributed by atoms with Gasteiger partial charge >= 0.3 is 0 Å². The standard InChI is InChI=1S/C31H36F2/c1-2-3-21-4-6-22(7-5-21)23-8-10-24(11-9-23)25-12-13-27-19-28(15-14-26(27)18-25)29-16-17-30(32)31(33)20-29/h12-24H,2-11H2,1H3. The van der Waals surface area contributed by atoms with Gasteiger partial charge in [-0.15, -0.1) is 0 Å². The summed E-state index contributed by atoms with van der Waals surface area (Å²) in [5.41, 5.74) is 3.10. The van der Waals surface area contributed by atoms with Gasteiger partial charge in [-0.1, -0.05) is 69.0 Å². The number of hydrogen-bond donors (Lipinski definition) is 0. The summed E-state index contributed by atoms with van der Waals surface area (Å²) < 4.78 is 26.9. The first-order valence-electron chi connectivity index (χ1n) is 13.1. The van der Waals surface area contributed by atoms with Gasteiger partial charge in [-0.25, -0.2) is 8.78 Å². The van der Waals surface area contributed by atoms with Crippen molar-refractivity contribution in [3.63, 3.8) is 0 Å². The highest BCUT2D eigenvalue weighted by Crippen LogP contribution is 2.44. The van der Waals surface area contributed by atoms with Crippen LogP contribution in [0.3, 0.4) is 0 Å². The maximum absolute atomic E-state index is 13.7. The first-order valence-corrected chi connectivity index (χ1v) is 13.1. The first kappa shape index (κ1) is 22.6. The van der Waals surface area contributed by atoms with Gasteiger partial charge in [0.1, 0.15) is 0 Å². The van der Waals surface area contributed by atoms with Crippen LogP contribution < -0.4 is 0 Å². The third-order valence-corrected chi connectivity index (χ3v) is 8.62. The molecular formula is C31H36F2. The minimum atomic E-state index is -0.803. The molecule has 2 aliphatic carbocycles. The zero-order chi connectivity index (χ0) is 22.8. The van der Waals surface area contributed by atoms with Crippen molar-refractivity contribution in [2.75, 3.05) is 0 Å². The Morgan fingerprint density at radius 2 is 1.24 bits per heavy atom. The van der Waals surface area contributed by atoms with Crippen molar-refractivity contribution in [1.29, 1.82) is 0 Å². The van der Waals surface area contributed by atoms with Gasteiger partial charge in [0, 0.05) is 0 Å². The predicted molar refractivity (Wildman–Crippen MR) is 134 cm³/mol. The Hall–Kier alpha value is -2.22. The fraction of sp³-hybridized carbons (Fsp3) is 0.484. The van der Waals surface area contributed by atoms with Crippen LogP contribution in [0.25, 0.3) is 21.9 Å². The molecule has 0 radical (unpaired) electrons. The summed E-state index contributed by atoms with van der Waals surface area (Å²) in [6.45, 7) is 2.33. The Balaban J connectivity index is 1.23. The molecule has 0 aliphatic heterocycles. The molecule has 3 aromatic carbocycles. The molecule has 0 amide bonds. The molecule has 0 saturated heterocycles. The minimum Gasteiger partial charge on any atom is -0.204 e. The van der Waals surface area contributed by atoms with Crippen LogP contribution in [0.5, 0.6) is 0 Å². The monoisotopic (exact) mass is 446 g/mol. The van der Waals surface area contributed by atoms with Gasteiger partial charge in [0.2, 0.25) is 0 Å². The SMILES string of the molecule is CCCC1CCC(C2CCC(c3ccc4cc(-c5ccc(F)c(F)c5)ccc4c3)CC2)CC1. The molecule has 0 spiro atoms. The quantitative estimate of drug-likeness (QED) is 0.366. The van der Waals surface area contributed by atoms with Crippen LogP contribution in [0, 0.1) is 29.4 Å². The van der Waals surface area contributed by atoms with Crippen molar-refractivity contribution in [2.45, 2.75) is 77.0 Å². The van der Waals surface area contributed by atoms with Crippen molar-refractivity contribution < 1.29 is 8.78 Å². The normalized spacial score (nSPS) is 25.9. The van der Waals surface area contributed by atoms with Crippen LogP contribution in [0.1, 0.15) is 82.6 Å². The van der Waals surface area contributed by atoms with E-state index in [-0.39, 0.29) is 0 Å². The molecule has 0 heterocycles. The molecule has 0 bridgehead atoms. The zero-order valence-corrected chi connectivity index (χ0v) is 19.8. The van der Waals surface area contributed by atoms with Gasteiger partial charge in [-0.2, -0.15) is 0 Å². The fourth-order valence-corrected chi connectivity index (χ4v) is 6.65. The molecule has 3 aromatic rings. The van der Waals surface area contributed by atoms with Crippen molar-refractivity contribution >= 4 is 10.8 Å². The lowest BCUT2D eigenvalue weighted by Crippen LogP contribution is -2.25. The summed E-state index contributed by atoms with van der Waals surface area (Å²) in [7, 11) is 0. The van der Waals surface area contributed by atoms with Gasteiger partial charge in [0.25, 0.3) is 0 Å². The van der Waals surface area contributed by atoms with E-state index >= 15 is 0 Å². The summed E-state index contributed by atoms with van der Waals surface area (Å²) in [5.74, 6) is 2.00. The Morgan fingerprint density at radius 1 is 0.636 bits per heavy atom. The number of fused-ring (bicyclic) bond motifs is 1. The van der Waals surface area contributed by atoms with E-state index in [2.05, 4.69) is 37.3 Å². The highest BCUT2D eigenvalue weighted by Gasteiger charge is 2.31. The number of rotatable bonds is 5. The van der Waals surface area contributed by atoms with E-state index in [1.807, 2.05) is 6.07 Å². The molecular weight excluding hydrogens is 410 g/mol. The van der Waals surface area contributed by atoms with Gasteiger partial charge < -0.3 is 0 Å². The van der Waals surface area contributed by atoms with Crippen molar-refractivity contribution in [3.8, 4) is 11.1 Å². The van der Waals surface area contributed by atoms with Crippen LogP contribution in [-0.2, 0) is 0 Å². The van der Waals surface area contributed by atoms with Crippen molar-refractivity contribution in [2.24, 2.45) is 17.8 Å².